The van der Waals surface area contributed by atoms with Gasteiger partial charge in [0.25, 0.3) is 5.91 Å². The number of methoxy groups -OCH3 is 1. The molecular weight excluding hydrogens is 453 g/mol. The van der Waals surface area contributed by atoms with E-state index < -0.39 is 29.1 Å². The molecule has 0 aliphatic carbocycles. The number of aryl methyl sites for hydroxylation is 1. The molecule has 2 heterocycles. The lowest BCUT2D eigenvalue weighted by Gasteiger charge is -2.40. The number of carbonyl (C=O) groups is 1. The highest BCUT2D eigenvalue weighted by molar-refractivity contribution is 5.97. The number of morpholine rings is 1. The lowest BCUT2D eigenvalue weighted by molar-refractivity contribution is -0.166. The van der Waals surface area contributed by atoms with Crippen LogP contribution in [-0.2, 0) is 15.3 Å². The zero-order valence-electron chi connectivity index (χ0n) is 18.6. The normalized spacial score (nSPS) is 17.0. The molecule has 1 fully saturated rings. The predicted molar refractivity (Wildman–Crippen MR) is 114 cm³/mol. The van der Waals surface area contributed by atoms with Crippen LogP contribution < -0.4 is 4.74 Å². The first-order valence-corrected chi connectivity index (χ1v) is 10.2. The molecule has 1 aromatic heterocycles. The topological polar surface area (TPSA) is 89.7 Å². The van der Waals surface area contributed by atoms with Gasteiger partial charge in [0, 0.05) is 5.56 Å². The van der Waals surface area contributed by atoms with Crippen molar-refractivity contribution in [2.45, 2.75) is 19.6 Å². The molecule has 1 amide bonds. The number of hydrogen-bond acceptors (Lipinski definition) is 6. The Morgan fingerprint density at radius 2 is 1.91 bits per heavy atom. The van der Waals surface area contributed by atoms with Crippen LogP contribution in [0.15, 0.2) is 42.4 Å². The fraction of sp³-hybridized carbons (Fsp3) is 0.261. The number of rotatable bonds is 5. The summed E-state index contributed by atoms with van der Waals surface area (Å²) in [5, 5.41) is 15.2. The van der Waals surface area contributed by atoms with Crippen LogP contribution in [0, 0.1) is 24.4 Å². The Morgan fingerprint density at radius 1 is 1.21 bits per heavy atom. The highest BCUT2D eigenvalue weighted by Gasteiger charge is 2.40. The van der Waals surface area contributed by atoms with Crippen molar-refractivity contribution in [2.75, 3.05) is 20.3 Å². The second kappa shape index (κ2) is 8.82. The van der Waals surface area contributed by atoms with Crippen LogP contribution in [0.5, 0.6) is 5.75 Å². The van der Waals surface area contributed by atoms with Crippen molar-refractivity contribution < 1.29 is 32.5 Å². The van der Waals surface area contributed by atoms with Gasteiger partial charge in [-0.15, -0.1) is 0 Å². The minimum atomic E-state index is -2.12. The molecule has 1 aliphatic rings. The van der Waals surface area contributed by atoms with Crippen molar-refractivity contribution in [3.8, 4) is 11.4 Å². The zero-order valence-corrected chi connectivity index (χ0v) is 18.6. The van der Waals surface area contributed by atoms with E-state index in [1.54, 1.807) is 36.1 Å². The van der Waals surface area contributed by atoms with Crippen molar-refractivity contribution in [3.63, 3.8) is 0 Å². The molecule has 11 heteroatoms. The van der Waals surface area contributed by atoms with E-state index in [-0.39, 0.29) is 24.5 Å². The minimum absolute atomic E-state index is 0.0212. The lowest BCUT2D eigenvalue weighted by atomic mass is 10.0. The summed E-state index contributed by atoms with van der Waals surface area (Å²) in [6.07, 6.45) is 3.00. The van der Waals surface area contributed by atoms with E-state index in [2.05, 4.69) is 10.1 Å². The van der Waals surface area contributed by atoms with E-state index in [0.717, 1.165) is 4.90 Å². The maximum absolute atomic E-state index is 13.7. The Morgan fingerprint density at radius 3 is 2.53 bits per heavy atom. The number of ether oxygens (including phenoxy) is 2. The van der Waals surface area contributed by atoms with Crippen LogP contribution in [0.1, 0.15) is 23.9 Å². The van der Waals surface area contributed by atoms with Gasteiger partial charge in [0.2, 0.25) is 0 Å². The number of carbonyl (C=O) groups excluding carboxylic acids is 1. The van der Waals surface area contributed by atoms with E-state index in [0.29, 0.717) is 35.0 Å². The molecule has 0 unspecified atom stereocenters. The lowest BCUT2D eigenvalue weighted by Crippen LogP contribution is -2.52. The van der Waals surface area contributed by atoms with Gasteiger partial charge in [0.05, 0.1) is 13.7 Å². The van der Waals surface area contributed by atoms with Gasteiger partial charge in [0.15, 0.2) is 28.9 Å². The van der Waals surface area contributed by atoms with Crippen molar-refractivity contribution in [1.29, 1.82) is 0 Å². The number of hydrogen-bond donors (Lipinski definition) is 1. The van der Waals surface area contributed by atoms with Gasteiger partial charge < -0.3 is 19.5 Å². The monoisotopic (exact) mass is 474 g/mol. The summed E-state index contributed by atoms with van der Waals surface area (Å²) in [6.45, 7) is 2.91. The number of aromatic nitrogens is 3. The fourth-order valence-electron chi connectivity index (χ4n) is 3.63. The fourth-order valence-corrected chi connectivity index (χ4v) is 3.63. The van der Waals surface area contributed by atoms with Gasteiger partial charge in [0.1, 0.15) is 30.2 Å². The Balaban J connectivity index is 1.65. The van der Waals surface area contributed by atoms with E-state index in [1.165, 1.54) is 20.1 Å². The molecule has 3 aromatic rings. The molecule has 0 radical (unpaired) electrons. The third-order valence-corrected chi connectivity index (χ3v) is 5.44. The van der Waals surface area contributed by atoms with Crippen LogP contribution >= 0.6 is 0 Å². The summed E-state index contributed by atoms with van der Waals surface area (Å²) >= 11 is 0. The van der Waals surface area contributed by atoms with Gasteiger partial charge in [-0.05, 0) is 49.8 Å². The van der Waals surface area contributed by atoms with Gasteiger partial charge >= 0.3 is 0 Å². The molecule has 0 bridgehead atoms. The number of benzene rings is 2. The summed E-state index contributed by atoms with van der Waals surface area (Å²) in [6, 6.07) is 6.41. The van der Waals surface area contributed by atoms with E-state index in [4.69, 9.17) is 9.47 Å². The van der Waals surface area contributed by atoms with Crippen molar-refractivity contribution >= 4 is 12.0 Å². The largest absolute Gasteiger partial charge is 0.494 e. The van der Waals surface area contributed by atoms with Gasteiger partial charge in [-0.1, -0.05) is 6.07 Å². The summed E-state index contributed by atoms with van der Waals surface area (Å²) in [7, 11) is 1.49. The average molecular weight is 474 g/mol. The van der Waals surface area contributed by atoms with Crippen molar-refractivity contribution in [1.82, 2.24) is 19.7 Å². The average Bonchev–Trinajstić information content (AvgIpc) is 3.24. The van der Waals surface area contributed by atoms with Gasteiger partial charge in [-0.25, -0.2) is 22.8 Å². The number of nitrogens with zero attached hydrogens (tertiary/aromatic N) is 4. The van der Waals surface area contributed by atoms with Crippen LogP contribution in [0.2, 0.25) is 0 Å². The summed E-state index contributed by atoms with van der Waals surface area (Å²) in [4.78, 5) is 18.2. The standard InChI is InChI=1S/C23H21F3N4O4/c1-13-27-12-30(28-13)18-5-4-14(8-19(18)33-3)9-20-22(31)29(6-7-34-20)23(2,32)15-10-16(24)21(26)17(25)11-15/h4-5,8-12,32H,6-7H2,1-3H3/b20-9-/t23-/m1/s1. The molecule has 0 saturated carbocycles. The summed E-state index contributed by atoms with van der Waals surface area (Å²) < 4.78 is 53.3. The first kappa shape index (κ1) is 23.3. The van der Waals surface area contributed by atoms with Crippen molar-refractivity contribution in [2.24, 2.45) is 0 Å². The number of halogens is 3. The SMILES string of the molecule is COc1cc(/C=C2\OCCN([C@](C)(O)c3cc(F)c(F)c(F)c3)C2=O)ccc1-n1cnc(C)n1. The first-order valence-electron chi connectivity index (χ1n) is 10.2. The van der Waals surface area contributed by atoms with E-state index in [1.807, 2.05) is 0 Å². The van der Waals surface area contributed by atoms with Crippen LogP contribution in [0.3, 0.4) is 0 Å². The maximum Gasteiger partial charge on any atom is 0.291 e. The number of amides is 1. The highest BCUT2D eigenvalue weighted by atomic mass is 19.2. The quantitative estimate of drug-likeness (QED) is 0.452. The highest BCUT2D eigenvalue weighted by Crippen LogP contribution is 2.32. The summed E-state index contributed by atoms with van der Waals surface area (Å²) in [5.74, 6) is -4.36. The Labute approximate surface area is 192 Å². The second-order valence-corrected chi connectivity index (χ2v) is 7.76. The summed E-state index contributed by atoms with van der Waals surface area (Å²) in [5.41, 5.74) is -1.25. The van der Waals surface area contributed by atoms with Crippen LogP contribution in [0.25, 0.3) is 11.8 Å². The third kappa shape index (κ3) is 4.21. The smallest absolute Gasteiger partial charge is 0.291 e. The molecule has 2 aromatic carbocycles. The van der Waals surface area contributed by atoms with Crippen molar-refractivity contribution in [3.05, 3.63) is 76.8 Å². The van der Waals surface area contributed by atoms with Gasteiger partial charge in [-0.3, -0.25) is 4.79 Å². The van der Waals surface area contributed by atoms with Crippen LogP contribution in [0.4, 0.5) is 13.2 Å². The molecule has 1 N–H and O–H groups in total. The van der Waals surface area contributed by atoms with Gasteiger partial charge in [-0.2, -0.15) is 5.10 Å². The Bertz CT molecular complexity index is 1270. The van der Waals surface area contributed by atoms with E-state index in [9.17, 15) is 23.1 Å². The van der Waals surface area contributed by atoms with Crippen LogP contribution in [-0.4, -0.2) is 50.9 Å². The molecular formula is C23H21F3N4O4. The molecule has 178 valence electrons. The number of aliphatic hydroxyl groups is 1. The third-order valence-electron chi connectivity index (χ3n) is 5.44. The molecule has 8 nitrogen and oxygen atoms in total. The molecule has 1 aliphatic heterocycles. The molecule has 4 rings (SSSR count). The predicted octanol–water partition coefficient (Wildman–Crippen LogP) is 3.07. The molecule has 1 saturated heterocycles. The zero-order chi connectivity index (χ0) is 24.6. The second-order valence-electron chi connectivity index (χ2n) is 7.76. The maximum atomic E-state index is 13.7. The van der Waals surface area contributed by atoms with E-state index >= 15 is 0 Å². The molecule has 0 spiro atoms. The molecule has 1 atom stereocenters. The Hall–Kier alpha value is -3.86. The molecule has 34 heavy (non-hydrogen) atoms. The first-order chi connectivity index (χ1) is 16.1. The Kier molecular flexibility index (Phi) is 6.05. The minimum Gasteiger partial charge on any atom is -0.494 e.